The standard InChI is InChI=1S/C14H16ClN3O2/c1-17(2)13(19)9-5-6-18(8-9)14-16-11-4-3-10(15)7-12(11)20-14/h3-4,7,9H,5-6,8H2,1-2H3. The number of hydrogen-bond acceptors (Lipinski definition) is 4. The van der Waals surface area contributed by atoms with Gasteiger partial charge in [-0.05, 0) is 18.6 Å². The molecule has 1 aromatic heterocycles. The van der Waals surface area contributed by atoms with Crippen LogP contribution in [0.2, 0.25) is 5.02 Å². The van der Waals surface area contributed by atoms with Crippen molar-refractivity contribution < 1.29 is 9.21 Å². The summed E-state index contributed by atoms with van der Waals surface area (Å²) in [5, 5.41) is 0.627. The van der Waals surface area contributed by atoms with Crippen LogP contribution in [-0.4, -0.2) is 43.0 Å². The Morgan fingerprint density at radius 1 is 1.50 bits per heavy atom. The highest BCUT2D eigenvalue weighted by atomic mass is 35.5. The van der Waals surface area contributed by atoms with Gasteiger partial charge in [0.15, 0.2) is 5.58 Å². The largest absolute Gasteiger partial charge is 0.423 e. The first-order chi connectivity index (χ1) is 9.54. The molecule has 1 atom stereocenters. The molecular weight excluding hydrogens is 278 g/mol. The molecule has 0 bridgehead atoms. The van der Waals surface area contributed by atoms with Gasteiger partial charge in [-0.3, -0.25) is 4.79 Å². The van der Waals surface area contributed by atoms with Crippen LogP contribution in [-0.2, 0) is 4.79 Å². The fourth-order valence-corrected chi connectivity index (χ4v) is 2.68. The predicted octanol–water partition coefficient (Wildman–Crippen LogP) is 2.40. The molecule has 1 aromatic carbocycles. The summed E-state index contributed by atoms with van der Waals surface area (Å²) < 4.78 is 5.73. The van der Waals surface area contributed by atoms with E-state index in [1.165, 1.54) is 0 Å². The summed E-state index contributed by atoms with van der Waals surface area (Å²) in [6, 6.07) is 5.95. The van der Waals surface area contributed by atoms with Crippen molar-refractivity contribution in [3.8, 4) is 0 Å². The third kappa shape index (κ3) is 2.33. The third-order valence-corrected chi connectivity index (χ3v) is 3.82. The van der Waals surface area contributed by atoms with Gasteiger partial charge < -0.3 is 14.2 Å². The van der Waals surface area contributed by atoms with Gasteiger partial charge in [0.25, 0.3) is 6.01 Å². The lowest BCUT2D eigenvalue weighted by atomic mass is 10.1. The van der Waals surface area contributed by atoms with Crippen LogP contribution in [0.15, 0.2) is 22.6 Å². The van der Waals surface area contributed by atoms with Crippen molar-refractivity contribution in [1.29, 1.82) is 0 Å². The summed E-state index contributed by atoms with van der Waals surface area (Å²) in [5.41, 5.74) is 1.46. The molecule has 1 unspecified atom stereocenters. The number of nitrogens with zero attached hydrogens (tertiary/aromatic N) is 3. The molecule has 0 radical (unpaired) electrons. The second-order valence-electron chi connectivity index (χ2n) is 5.27. The molecule has 5 nitrogen and oxygen atoms in total. The average Bonchev–Trinajstić information content (AvgIpc) is 3.02. The van der Waals surface area contributed by atoms with Crippen molar-refractivity contribution in [2.45, 2.75) is 6.42 Å². The SMILES string of the molecule is CN(C)C(=O)C1CCN(c2nc3ccc(Cl)cc3o2)C1. The zero-order chi connectivity index (χ0) is 14.3. The van der Waals surface area contributed by atoms with Crippen LogP contribution in [0, 0.1) is 5.92 Å². The van der Waals surface area contributed by atoms with E-state index in [9.17, 15) is 4.79 Å². The van der Waals surface area contributed by atoms with Crippen molar-refractivity contribution in [2.75, 3.05) is 32.1 Å². The lowest BCUT2D eigenvalue weighted by Gasteiger charge is -2.16. The molecule has 1 fully saturated rings. The number of oxazole rings is 1. The molecule has 1 aliphatic rings. The molecule has 2 aromatic rings. The number of aromatic nitrogens is 1. The van der Waals surface area contributed by atoms with Gasteiger partial charge in [-0.1, -0.05) is 11.6 Å². The summed E-state index contributed by atoms with van der Waals surface area (Å²) in [4.78, 5) is 20.1. The van der Waals surface area contributed by atoms with Crippen LogP contribution in [0.4, 0.5) is 6.01 Å². The molecule has 0 saturated carbocycles. The Kier molecular flexibility index (Phi) is 3.30. The highest BCUT2D eigenvalue weighted by Gasteiger charge is 2.31. The van der Waals surface area contributed by atoms with Gasteiger partial charge in [0.2, 0.25) is 5.91 Å². The maximum Gasteiger partial charge on any atom is 0.298 e. The number of carbonyl (C=O) groups is 1. The van der Waals surface area contributed by atoms with E-state index in [1.807, 2.05) is 11.0 Å². The molecule has 0 spiro atoms. The van der Waals surface area contributed by atoms with Crippen LogP contribution in [0.1, 0.15) is 6.42 Å². The van der Waals surface area contributed by atoms with Gasteiger partial charge in [-0.2, -0.15) is 4.98 Å². The third-order valence-electron chi connectivity index (χ3n) is 3.59. The van der Waals surface area contributed by atoms with Crippen LogP contribution in [0.3, 0.4) is 0 Å². The molecule has 2 heterocycles. The predicted molar refractivity (Wildman–Crippen MR) is 78.0 cm³/mol. The summed E-state index contributed by atoms with van der Waals surface area (Å²) in [6.07, 6.45) is 0.830. The lowest BCUT2D eigenvalue weighted by molar-refractivity contribution is -0.132. The molecule has 106 valence electrons. The first-order valence-electron chi connectivity index (χ1n) is 6.57. The minimum absolute atomic E-state index is 0.0172. The van der Waals surface area contributed by atoms with E-state index in [4.69, 9.17) is 16.0 Å². The maximum absolute atomic E-state index is 12.0. The average molecular weight is 294 g/mol. The van der Waals surface area contributed by atoms with Crippen LogP contribution < -0.4 is 4.90 Å². The second kappa shape index (κ2) is 4.98. The zero-order valence-electron chi connectivity index (χ0n) is 11.5. The number of anilines is 1. The molecule has 1 amide bonds. The lowest BCUT2D eigenvalue weighted by Crippen LogP contribution is -2.31. The maximum atomic E-state index is 12.0. The normalized spacial score (nSPS) is 18.8. The fraction of sp³-hybridized carbons (Fsp3) is 0.429. The van der Waals surface area contributed by atoms with E-state index < -0.39 is 0 Å². The number of fused-ring (bicyclic) bond motifs is 1. The minimum atomic E-state index is 0.0172. The van der Waals surface area contributed by atoms with Crippen LogP contribution in [0.5, 0.6) is 0 Å². The Morgan fingerprint density at radius 2 is 2.30 bits per heavy atom. The summed E-state index contributed by atoms with van der Waals surface area (Å²) >= 11 is 5.94. The van der Waals surface area contributed by atoms with Crippen molar-refractivity contribution in [1.82, 2.24) is 9.88 Å². The Morgan fingerprint density at radius 3 is 3.05 bits per heavy atom. The smallest absolute Gasteiger partial charge is 0.298 e. The fourth-order valence-electron chi connectivity index (χ4n) is 2.52. The van der Waals surface area contributed by atoms with Gasteiger partial charge in [-0.15, -0.1) is 0 Å². The Balaban J connectivity index is 1.81. The first kappa shape index (κ1) is 13.2. The number of halogens is 1. The number of carbonyl (C=O) groups excluding carboxylic acids is 1. The van der Waals surface area contributed by atoms with Gasteiger partial charge in [-0.25, -0.2) is 0 Å². The molecule has 0 N–H and O–H groups in total. The second-order valence-corrected chi connectivity index (χ2v) is 5.71. The molecule has 20 heavy (non-hydrogen) atoms. The summed E-state index contributed by atoms with van der Waals surface area (Å²) in [7, 11) is 3.57. The van der Waals surface area contributed by atoms with Crippen molar-refractivity contribution in [3.05, 3.63) is 23.2 Å². The quantitative estimate of drug-likeness (QED) is 0.853. The van der Waals surface area contributed by atoms with E-state index in [1.54, 1.807) is 31.1 Å². The van der Waals surface area contributed by atoms with Gasteiger partial charge >= 0.3 is 0 Å². The molecule has 1 aliphatic heterocycles. The Hall–Kier alpha value is -1.75. The number of rotatable bonds is 2. The highest BCUT2D eigenvalue weighted by Crippen LogP contribution is 2.28. The first-order valence-corrected chi connectivity index (χ1v) is 6.94. The molecule has 3 rings (SSSR count). The number of amides is 1. The molecular formula is C14H16ClN3O2. The monoisotopic (exact) mass is 293 g/mol. The highest BCUT2D eigenvalue weighted by molar-refractivity contribution is 6.31. The van der Waals surface area contributed by atoms with Crippen molar-refractivity contribution in [3.63, 3.8) is 0 Å². The van der Waals surface area contributed by atoms with E-state index in [2.05, 4.69) is 4.98 Å². The summed E-state index contributed by atoms with van der Waals surface area (Å²) in [5.74, 6) is 0.176. The van der Waals surface area contributed by atoms with Gasteiger partial charge in [0, 0.05) is 38.3 Å². The molecule has 0 aliphatic carbocycles. The van der Waals surface area contributed by atoms with Crippen LogP contribution in [0.25, 0.3) is 11.1 Å². The van der Waals surface area contributed by atoms with E-state index in [0.717, 1.165) is 18.5 Å². The van der Waals surface area contributed by atoms with Gasteiger partial charge in [0.1, 0.15) is 5.52 Å². The minimum Gasteiger partial charge on any atom is -0.423 e. The van der Waals surface area contributed by atoms with E-state index in [0.29, 0.717) is 23.2 Å². The number of hydrogen-bond donors (Lipinski definition) is 0. The Labute approximate surface area is 122 Å². The van der Waals surface area contributed by atoms with Gasteiger partial charge in [0.05, 0.1) is 5.92 Å². The van der Waals surface area contributed by atoms with E-state index in [-0.39, 0.29) is 11.8 Å². The topological polar surface area (TPSA) is 49.6 Å². The van der Waals surface area contributed by atoms with Crippen LogP contribution >= 0.6 is 11.6 Å². The molecule has 1 saturated heterocycles. The molecule has 6 heteroatoms. The van der Waals surface area contributed by atoms with Crippen molar-refractivity contribution in [2.24, 2.45) is 5.92 Å². The zero-order valence-corrected chi connectivity index (χ0v) is 12.2. The Bertz CT molecular complexity index is 653. The van der Waals surface area contributed by atoms with E-state index >= 15 is 0 Å². The van der Waals surface area contributed by atoms with Crippen molar-refractivity contribution >= 4 is 34.6 Å². The number of benzene rings is 1. The summed E-state index contributed by atoms with van der Waals surface area (Å²) in [6.45, 7) is 1.43.